The molecule has 0 aliphatic carbocycles. The first-order valence-corrected chi connectivity index (χ1v) is 13.0. The Morgan fingerprint density at radius 3 is 2.62 bits per heavy atom. The maximum atomic E-state index is 13.1. The van der Waals surface area contributed by atoms with Crippen molar-refractivity contribution in [3.05, 3.63) is 105 Å². The van der Waals surface area contributed by atoms with Gasteiger partial charge < -0.3 is 9.88 Å². The van der Waals surface area contributed by atoms with E-state index in [9.17, 15) is 14.4 Å². The summed E-state index contributed by atoms with van der Waals surface area (Å²) >= 11 is 13.3. The van der Waals surface area contributed by atoms with Crippen molar-refractivity contribution >= 4 is 74.7 Å². The molecule has 1 aromatic heterocycles. The number of amides is 3. The normalized spacial score (nSPS) is 14.7. The highest BCUT2D eigenvalue weighted by Gasteiger charge is 2.36. The lowest BCUT2D eigenvalue weighted by Crippen LogP contribution is -2.36. The molecule has 6 nitrogen and oxygen atoms in total. The number of fused-ring (bicyclic) bond motifs is 1. The molecule has 0 saturated carbocycles. The predicted octanol–water partition coefficient (Wildman–Crippen LogP) is 6.98. The van der Waals surface area contributed by atoms with Crippen LogP contribution in [0.2, 0.25) is 10.0 Å². The number of carbonyl (C=O) groups is 3. The van der Waals surface area contributed by atoms with Crippen LogP contribution < -0.4 is 5.32 Å². The van der Waals surface area contributed by atoms with E-state index in [4.69, 9.17) is 23.2 Å². The molecule has 0 spiro atoms. The zero-order valence-corrected chi connectivity index (χ0v) is 22.0. The molecule has 37 heavy (non-hydrogen) atoms. The monoisotopic (exact) mass is 549 g/mol. The first-order chi connectivity index (χ1) is 17.8. The summed E-state index contributed by atoms with van der Waals surface area (Å²) in [6.45, 7) is 2.07. The second-order valence-corrected chi connectivity index (χ2v) is 10.5. The number of benzene rings is 3. The van der Waals surface area contributed by atoms with Gasteiger partial charge in [0.15, 0.2) is 0 Å². The van der Waals surface area contributed by atoms with E-state index in [1.807, 2.05) is 66.2 Å². The number of anilines is 1. The molecule has 0 atom stereocenters. The molecule has 9 heteroatoms. The second-order valence-electron chi connectivity index (χ2n) is 8.65. The van der Waals surface area contributed by atoms with E-state index in [1.54, 1.807) is 24.3 Å². The highest BCUT2D eigenvalue weighted by molar-refractivity contribution is 8.18. The van der Waals surface area contributed by atoms with E-state index < -0.39 is 17.1 Å². The van der Waals surface area contributed by atoms with Gasteiger partial charge in [-0.25, -0.2) is 0 Å². The van der Waals surface area contributed by atoms with Crippen LogP contribution in [-0.4, -0.2) is 33.1 Å². The van der Waals surface area contributed by atoms with Crippen molar-refractivity contribution in [3.63, 3.8) is 0 Å². The topological polar surface area (TPSA) is 71.4 Å². The summed E-state index contributed by atoms with van der Waals surface area (Å²) in [6.07, 6.45) is 3.62. The SMILES string of the molecule is Cc1cccc(NC(=O)CN2C(=O)S/C(=C\c3cn(Cc4ccc(Cl)cc4Cl)c4ccccc34)C2=O)c1. The van der Waals surface area contributed by atoms with Crippen molar-refractivity contribution in [2.75, 3.05) is 11.9 Å². The Morgan fingerprint density at radius 2 is 1.84 bits per heavy atom. The molecule has 1 aliphatic rings. The Morgan fingerprint density at radius 1 is 1.03 bits per heavy atom. The molecule has 0 unspecified atom stereocenters. The fraction of sp³-hybridized carbons (Fsp3) is 0.107. The molecule has 1 fully saturated rings. The number of aryl methyl sites for hydroxylation is 1. The highest BCUT2D eigenvalue weighted by Crippen LogP contribution is 2.34. The predicted molar refractivity (Wildman–Crippen MR) is 150 cm³/mol. The van der Waals surface area contributed by atoms with Crippen LogP contribution in [0.5, 0.6) is 0 Å². The Bertz CT molecular complexity index is 1590. The van der Waals surface area contributed by atoms with Gasteiger partial charge in [0.05, 0.1) is 4.91 Å². The number of carbonyl (C=O) groups excluding carboxylic acids is 3. The molecule has 5 rings (SSSR count). The maximum Gasteiger partial charge on any atom is 0.294 e. The van der Waals surface area contributed by atoms with Gasteiger partial charge in [0.1, 0.15) is 6.54 Å². The van der Waals surface area contributed by atoms with Gasteiger partial charge >= 0.3 is 0 Å². The molecule has 186 valence electrons. The van der Waals surface area contributed by atoms with Crippen LogP contribution >= 0.6 is 35.0 Å². The number of rotatable bonds is 6. The van der Waals surface area contributed by atoms with Gasteiger partial charge in [-0.2, -0.15) is 0 Å². The molecule has 3 amide bonds. The number of halogens is 2. The van der Waals surface area contributed by atoms with Crippen molar-refractivity contribution in [1.29, 1.82) is 0 Å². The number of hydrogen-bond donors (Lipinski definition) is 1. The molecule has 0 radical (unpaired) electrons. The zero-order valence-electron chi connectivity index (χ0n) is 19.7. The summed E-state index contributed by atoms with van der Waals surface area (Å²) in [5.41, 5.74) is 4.25. The molecule has 0 bridgehead atoms. The van der Waals surface area contributed by atoms with Crippen LogP contribution in [0, 0.1) is 6.92 Å². The second kappa shape index (κ2) is 10.5. The average molecular weight is 550 g/mol. The third kappa shape index (κ3) is 5.44. The smallest absolute Gasteiger partial charge is 0.294 e. The van der Waals surface area contributed by atoms with Crippen molar-refractivity contribution in [2.45, 2.75) is 13.5 Å². The van der Waals surface area contributed by atoms with Gasteiger partial charge in [-0.3, -0.25) is 19.3 Å². The number of para-hydroxylation sites is 1. The third-order valence-electron chi connectivity index (χ3n) is 5.94. The summed E-state index contributed by atoms with van der Waals surface area (Å²) in [6, 6.07) is 20.5. The number of hydrogen-bond acceptors (Lipinski definition) is 4. The lowest BCUT2D eigenvalue weighted by molar-refractivity contribution is -0.127. The average Bonchev–Trinajstić information content (AvgIpc) is 3.33. The van der Waals surface area contributed by atoms with Crippen molar-refractivity contribution in [2.24, 2.45) is 0 Å². The number of thioether (sulfide) groups is 1. The number of nitrogens with one attached hydrogen (secondary N) is 1. The van der Waals surface area contributed by atoms with E-state index >= 15 is 0 Å². The summed E-state index contributed by atoms with van der Waals surface area (Å²) in [4.78, 5) is 39.4. The van der Waals surface area contributed by atoms with E-state index in [-0.39, 0.29) is 11.4 Å². The quantitative estimate of drug-likeness (QED) is 0.263. The summed E-state index contributed by atoms with van der Waals surface area (Å²) < 4.78 is 2.04. The van der Waals surface area contributed by atoms with Crippen LogP contribution in [0.1, 0.15) is 16.7 Å². The van der Waals surface area contributed by atoms with Crippen LogP contribution in [0.25, 0.3) is 17.0 Å². The Kier molecular flexibility index (Phi) is 7.11. The van der Waals surface area contributed by atoms with Gasteiger partial charge in [-0.1, -0.05) is 59.6 Å². The molecule has 1 aliphatic heterocycles. The molecular weight excluding hydrogens is 529 g/mol. The van der Waals surface area contributed by atoms with Gasteiger partial charge in [0.25, 0.3) is 11.1 Å². The van der Waals surface area contributed by atoms with Crippen LogP contribution in [0.15, 0.2) is 77.8 Å². The Labute approximate surface area is 227 Å². The summed E-state index contributed by atoms with van der Waals surface area (Å²) in [7, 11) is 0. The first kappa shape index (κ1) is 25.1. The molecular formula is C28H21Cl2N3O3S. The Balaban J connectivity index is 1.38. The standard InChI is InChI=1S/C28H21Cl2N3O3S/c1-17-5-4-6-21(11-17)31-26(34)16-33-27(35)25(37-28(33)36)12-19-15-32(24-8-3-2-7-22(19)24)14-18-9-10-20(29)13-23(18)30/h2-13,15H,14,16H2,1H3,(H,31,34)/b25-12-. The van der Waals surface area contributed by atoms with Crippen LogP contribution in [-0.2, 0) is 16.1 Å². The lowest BCUT2D eigenvalue weighted by atomic mass is 10.1. The minimum atomic E-state index is -0.494. The molecule has 1 N–H and O–H groups in total. The number of nitrogens with zero attached hydrogens (tertiary/aromatic N) is 2. The van der Waals surface area contributed by atoms with E-state index in [0.717, 1.165) is 44.3 Å². The molecule has 3 aromatic carbocycles. The lowest BCUT2D eigenvalue weighted by Gasteiger charge is -2.12. The van der Waals surface area contributed by atoms with Crippen molar-refractivity contribution in [3.8, 4) is 0 Å². The van der Waals surface area contributed by atoms with Gasteiger partial charge in [-0.05, 0) is 66.2 Å². The third-order valence-corrected chi connectivity index (χ3v) is 7.43. The molecule has 2 heterocycles. The maximum absolute atomic E-state index is 13.1. The summed E-state index contributed by atoms with van der Waals surface area (Å²) in [5, 5.41) is 4.32. The van der Waals surface area contributed by atoms with Crippen LogP contribution in [0.3, 0.4) is 0 Å². The van der Waals surface area contributed by atoms with Crippen LogP contribution in [0.4, 0.5) is 10.5 Å². The van der Waals surface area contributed by atoms with E-state index in [2.05, 4.69) is 5.32 Å². The van der Waals surface area contributed by atoms with Crippen molar-refractivity contribution < 1.29 is 14.4 Å². The van der Waals surface area contributed by atoms with E-state index in [1.165, 1.54) is 0 Å². The Hall–Kier alpha value is -3.52. The first-order valence-electron chi connectivity index (χ1n) is 11.4. The summed E-state index contributed by atoms with van der Waals surface area (Å²) in [5.74, 6) is -0.933. The minimum Gasteiger partial charge on any atom is -0.342 e. The number of aromatic nitrogens is 1. The largest absolute Gasteiger partial charge is 0.342 e. The minimum absolute atomic E-state index is 0.265. The molecule has 4 aromatic rings. The number of imide groups is 1. The zero-order chi connectivity index (χ0) is 26.1. The van der Waals surface area contributed by atoms with E-state index in [0.29, 0.717) is 22.3 Å². The fourth-order valence-electron chi connectivity index (χ4n) is 4.20. The molecule has 1 saturated heterocycles. The van der Waals surface area contributed by atoms with Gasteiger partial charge in [-0.15, -0.1) is 0 Å². The fourth-order valence-corrected chi connectivity index (χ4v) is 5.50. The van der Waals surface area contributed by atoms with Gasteiger partial charge in [0, 0.05) is 44.9 Å². The highest BCUT2D eigenvalue weighted by atomic mass is 35.5. The van der Waals surface area contributed by atoms with Gasteiger partial charge in [0.2, 0.25) is 5.91 Å². The van der Waals surface area contributed by atoms with Crippen molar-refractivity contribution in [1.82, 2.24) is 9.47 Å².